The van der Waals surface area contributed by atoms with E-state index in [0.29, 0.717) is 18.2 Å². The van der Waals surface area contributed by atoms with E-state index in [4.69, 9.17) is 4.74 Å². The van der Waals surface area contributed by atoms with Gasteiger partial charge in [0.1, 0.15) is 11.6 Å². The second kappa shape index (κ2) is 5.36. The molecule has 4 rings (SSSR count). The summed E-state index contributed by atoms with van der Waals surface area (Å²) in [5.41, 5.74) is 0. The lowest BCUT2D eigenvalue weighted by Gasteiger charge is -2.27. The van der Waals surface area contributed by atoms with Crippen LogP contribution in [0.4, 0.5) is 0 Å². The molecule has 21 heavy (non-hydrogen) atoms. The van der Waals surface area contributed by atoms with Crippen LogP contribution in [0.1, 0.15) is 43.8 Å². The number of ether oxygens (including phenoxy) is 1. The Balaban J connectivity index is 1.33. The van der Waals surface area contributed by atoms with E-state index in [1.54, 1.807) is 0 Å². The molecular formula is C16H26N4O. The second-order valence-corrected chi connectivity index (χ2v) is 7.18. The zero-order valence-electron chi connectivity index (χ0n) is 13.1. The Labute approximate surface area is 126 Å². The zero-order valence-corrected chi connectivity index (χ0v) is 13.1. The van der Waals surface area contributed by atoms with Crippen LogP contribution in [0.5, 0.6) is 0 Å². The largest absolute Gasteiger partial charge is 0.381 e. The van der Waals surface area contributed by atoms with Crippen LogP contribution in [0, 0.1) is 18.8 Å². The lowest BCUT2D eigenvalue weighted by molar-refractivity contribution is 0.0998. The molecule has 0 spiro atoms. The minimum Gasteiger partial charge on any atom is -0.381 e. The molecule has 1 aromatic rings. The molecule has 0 aromatic carbocycles. The minimum atomic E-state index is 0.524. The molecule has 1 aromatic heterocycles. The van der Waals surface area contributed by atoms with Crippen LogP contribution < -0.4 is 5.32 Å². The fraction of sp³-hybridized carbons (Fsp3) is 0.875. The van der Waals surface area contributed by atoms with Crippen LogP contribution in [0.3, 0.4) is 0 Å². The van der Waals surface area contributed by atoms with Gasteiger partial charge in [0.2, 0.25) is 0 Å². The van der Waals surface area contributed by atoms with Crippen LogP contribution in [-0.2, 0) is 17.7 Å². The molecule has 2 saturated carbocycles. The number of fused-ring (bicyclic) bond motifs is 2. The number of nitrogens with one attached hydrogen (secondary N) is 1. The molecule has 2 fully saturated rings. The number of aryl methyl sites for hydroxylation is 2. The van der Waals surface area contributed by atoms with Gasteiger partial charge < -0.3 is 10.1 Å². The monoisotopic (exact) mass is 290 g/mol. The Morgan fingerprint density at radius 3 is 2.62 bits per heavy atom. The summed E-state index contributed by atoms with van der Waals surface area (Å²) in [5.74, 6) is 3.85. The van der Waals surface area contributed by atoms with Gasteiger partial charge in [-0.2, -0.15) is 5.10 Å². The summed E-state index contributed by atoms with van der Waals surface area (Å²) in [7, 11) is 1.86. The second-order valence-electron chi connectivity index (χ2n) is 7.18. The third kappa shape index (κ3) is 2.61. The Hall–Kier alpha value is -0.940. The Bertz CT molecular complexity index is 500. The van der Waals surface area contributed by atoms with Gasteiger partial charge in [-0.05, 0) is 50.9 Å². The Kier molecular flexibility index (Phi) is 3.50. The topological polar surface area (TPSA) is 52.0 Å². The highest BCUT2D eigenvalue weighted by Crippen LogP contribution is 2.45. The quantitative estimate of drug-likeness (QED) is 0.920. The number of hydrogen-bond acceptors (Lipinski definition) is 4. The van der Waals surface area contributed by atoms with Crippen molar-refractivity contribution in [3.8, 4) is 0 Å². The van der Waals surface area contributed by atoms with Gasteiger partial charge in [-0.15, -0.1) is 0 Å². The number of rotatable bonds is 3. The van der Waals surface area contributed by atoms with Gasteiger partial charge in [-0.3, -0.25) is 0 Å². The minimum absolute atomic E-state index is 0.524. The zero-order chi connectivity index (χ0) is 14.4. The van der Waals surface area contributed by atoms with Crippen LogP contribution in [0.2, 0.25) is 0 Å². The standard InChI is InChI=1S/C16H26N4O/c1-10-17-16-4-3-13(9-20(16)19-10)18-14-5-11-7-15(21-2)8-12(11)6-14/h11-15,18H,3-9H2,1-2H3/t11-,12+,13?,14?,15?. The van der Waals surface area contributed by atoms with Crippen molar-refractivity contribution in [3.63, 3.8) is 0 Å². The van der Waals surface area contributed by atoms with Crippen LogP contribution in [0.15, 0.2) is 0 Å². The number of methoxy groups -OCH3 is 1. The summed E-state index contributed by atoms with van der Waals surface area (Å²) in [6.45, 7) is 2.97. The van der Waals surface area contributed by atoms with Crippen molar-refractivity contribution in [2.45, 2.75) is 70.2 Å². The first-order valence-corrected chi connectivity index (χ1v) is 8.40. The maximum absolute atomic E-state index is 5.54. The average molecular weight is 290 g/mol. The smallest absolute Gasteiger partial charge is 0.147 e. The third-order valence-corrected chi connectivity index (χ3v) is 5.74. The highest BCUT2D eigenvalue weighted by Gasteiger charge is 2.42. The van der Waals surface area contributed by atoms with E-state index in [9.17, 15) is 0 Å². The lowest BCUT2D eigenvalue weighted by Crippen LogP contribution is -2.43. The number of hydrogen-bond donors (Lipinski definition) is 1. The fourth-order valence-electron chi connectivity index (χ4n) is 4.79. The van der Waals surface area contributed by atoms with E-state index >= 15 is 0 Å². The number of nitrogens with zero attached hydrogens (tertiary/aromatic N) is 3. The molecular weight excluding hydrogens is 264 g/mol. The van der Waals surface area contributed by atoms with Gasteiger partial charge in [-0.1, -0.05) is 0 Å². The predicted molar refractivity (Wildman–Crippen MR) is 80.0 cm³/mol. The van der Waals surface area contributed by atoms with Crippen LogP contribution in [0.25, 0.3) is 0 Å². The van der Waals surface area contributed by atoms with Crippen LogP contribution >= 0.6 is 0 Å². The van der Waals surface area contributed by atoms with E-state index in [1.807, 2.05) is 14.0 Å². The molecule has 5 atom stereocenters. The van der Waals surface area contributed by atoms with Gasteiger partial charge in [0.15, 0.2) is 0 Å². The van der Waals surface area contributed by atoms with Crippen molar-refractivity contribution < 1.29 is 4.74 Å². The summed E-state index contributed by atoms with van der Waals surface area (Å²) in [6.07, 6.45) is 8.01. The molecule has 5 nitrogen and oxygen atoms in total. The molecule has 1 N–H and O–H groups in total. The summed E-state index contributed by atoms with van der Waals surface area (Å²) >= 11 is 0. The average Bonchev–Trinajstić information content (AvgIpc) is 3.09. The van der Waals surface area contributed by atoms with Gasteiger partial charge in [-0.25, -0.2) is 9.67 Å². The van der Waals surface area contributed by atoms with Crippen LogP contribution in [-0.4, -0.2) is 40.1 Å². The van der Waals surface area contributed by atoms with Crippen molar-refractivity contribution in [1.82, 2.24) is 20.1 Å². The van der Waals surface area contributed by atoms with Crippen molar-refractivity contribution in [2.24, 2.45) is 11.8 Å². The van der Waals surface area contributed by atoms with Crippen molar-refractivity contribution in [3.05, 3.63) is 11.6 Å². The first kappa shape index (κ1) is 13.7. The summed E-state index contributed by atoms with van der Waals surface area (Å²) in [6, 6.07) is 1.27. The Morgan fingerprint density at radius 2 is 1.90 bits per heavy atom. The highest BCUT2D eigenvalue weighted by atomic mass is 16.5. The SMILES string of the molecule is COC1C[C@H]2CC(NC3CCc4nc(C)nn4C3)C[C@H]2C1. The molecule has 0 bridgehead atoms. The molecule has 1 aliphatic heterocycles. The fourth-order valence-corrected chi connectivity index (χ4v) is 4.79. The molecule has 0 saturated heterocycles. The molecule has 116 valence electrons. The predicted octanol–water partition coefficient (Wildman–Crippen LogP) is 1.69. The van der Waals surface area contributed by atoms with E-state index in [2.05, 4.69) is 20.1 Å². The normalized spacial score (nSPS) is 38.5. The van der Waals surface area contributed by atoms with E-state index < -0.39 is 0 Å². The molecule has 0 radical (unpaired) electrons. The van der Waals surface area contributed by atoms with Gasteiger partial charge in [0.05, 0.1) is 12.6 Å². The lowest BCUT2D eigenvalue weighted by atomic mass is 10.0. The molecule has 3 aliphatic rings. The maximum Gasteiger partial charge on any atom is 0.147 e. The number of aromatic nitrogens is 3. The van der Waals surface area contributed by atoms with E-state index in [-0.39, 0.29) is 0 Å². The van der Waals surface area contributed by atoms with Crippen molar-refractivity contribution in [1.29, 1.82) is 0 Å². The maximum atomic E-state index is 5.54. The Morgan fingerprint density at radius 1 is 1.14 bits per heavy atom. The molecule has 3 unspecified atom stereocenters. The molecule has 2 aliphatic carbocycles. The van der Waals surface area contributed by atoms with Crippen molar-refractivity contribution >= 4 is 0 Å². The third-order valence-electron chi connectivity index (χ3n) is 5.74. The first-order chi connectivity index (χ1) is 10.2. The molecule has 0 amide bonds. The molecule has 5 heteroatoms. The molecule has 2 heterocycles. The summed E-state index contributed by atoms with van der Waals surface area (Å²) in [4.78, 5) is 4.49. The van der Waals surface area contributed by atoms with Gasteiger partial charge in [0, 0.05) is 25.6 Å². The van der Waals surface area contributed by atoms with Gasteiger partial charge >= 0.3 is 0 Å². The van der Waals surface area contributed by atoms with Crippen molar-refractivity contribution in [2.75, 3.05) is 7.11 Å². The first-order valence-electron chi connectivity index (χ1n) is 8.40. The summed E-state index contributed by atoms with van der Waals surface area (Å²) in [5, 5.41) is 8.40. The van der Waals surface area contributed by atoms with E-state index in [1.165, 1.54) is 32.1 Å². The summed E-state index contributed by atoms with van der Waals surface area (Å²) < 4.78 is 7.64. The van der Waals surface area contributed by atoms with E-state index in [0.717, 1.165) is 36.5 Å². The van der Waals surface area contributed by atoms with Gasteiger partial charge in [0.25, 0.3) is 0 Å². The highest BCUT2D eigenvalue weighted by molar-refractivity contribution is 4.99.